The fourth-order valence-corrected chi connectivity index (χ4v) is 8.52. The highest BCUT2D eigenvalue weighted by atomic mass is 15.3. The van der Waals surface area contributed by atoms with Crippen molar-refractivity contribution >= 4 is 65.4 Å². The summed E-state index contributed by atoms with van der Waals surface area (Å²) < 4.78 is 8.91. The SMILES string of the molecule is c1ccc(-c2nc(-n3c4ccccc4c4cc5c(ccn5-c5ccccc5)cc43)nc(-n3c4ccccc4c4cc5c(ccn5-c5ccccc5)cc43)n2)cc1. The van der Waals surface area contributed by atoms with Crippen molar-refractivity contribution < 1.29 is 0 Å². The van der Waals surface area contributed by atoms with Crippen LogP contribution in [0, 0.1) is 0 Å². The summed E-state index contributed by atoms with van der Waals surface area (Å²) in [4.78, 5) is 15.9. The Bertz CT molecular complexity index is 3250. The van der Waals surface area contributed by atoms with Crippen molar-refractivity contribution in [1.29, 1.82) is 0 Å². The minimum Gasteiger partial charge on any atom is -0.317 e. The maximum Gasteiger partial charge on any atom is 0.240 e. The van der Waals surface area contributed by atoms with Crippen LogP contribution in [0.2, 0.25) is 0 Å². The van der Waals surface area contributed by atoms with Gasteiger partial charge in [-0.1, -0.05) is 103 Å². The molecule has 7 nitrogen and oxygen atoms in total. The normalized spacial score (nSPS) is 11.9. The van der Waals surface area contributed by atoms with Crippen LogP contribution in [0.4, 0.5) is 0 Å². The molecule has 12 rings (SSSR count). The van der Waals surface area contributed by atoms with E-state index in [1.165, 1.54) is 0 Å². The van der Waals surface area contributed by atoms with Gasteiger partial charge in [0.15, 0.2) is 5.82 Å². The minimum atomic E-state index is 0.559. The molecule has 0 aliphatic heterocycles. The van der Waals surface area contributed by atoms with Gasteiger partial charge in [0.1, 0.15) is 0 Å². The van der Waals surface area contributed by atoms with Gasteiger partial charge in [0, 0.05) is 61.6 Å². The van der Waals surface area contributed by atoms with E-state index in [1.807, 2.05) is 18.2 Å². The summed E-state index contributed by atoms with van der Waals surface area (Å²) in [5, 5.41) is 6.81. The second kappa shape index (κ2) is 11.9. The van der Waals surface area contributed by atoms with Gasteiger partial charge in [-0.05, 0) is 72.8 Å². The molecule has 0 amide bonds. The number of hydrogen-bond donors (Lipinski definition) is 0. The quantitative estimate of drug-likeness (QED) is 0.178. The van der Waals surface area contributed by atoms with Crippen LogP contribution in [-0.4, -0.2) is 33.2 Å². The number of fused-ring (bicyclic) bond motifs is 8. The molecule has 7 aromatic carbocycles. The van der Waals surface area contributed by atoms with Crippen LogP contribution in [0.1, 0.15) is 0 Å². The predicted molar refractivity (Wildman–Crippen MR) is 228 cm³/mol. The lowest BCUT2D eigenvalue weighted by Crippen LogP contribution is -2.10. The summed E-state index contributed by atoms with van der Waals surface area (Å²) in [6.07, 6.45) is 4.29. The molecule has 5 heterocycles. The van der Waals surface area contributed by atoms with Gasteiger partial charge in [-0.3, -0.25) is 9.13 Å². The Morgan fingerprint density at radius 3 is 1.23 bits per heavy atom. The molecule has 0 bridgehead atoms. The third kappa shape index (κ3) is 4.55. The van der Waals surface area contributed by atoms with Crippen molar-refractivity contribution in [2.45, 2.75) is 0 Å². The van der Waals surface area contributed by atoms with E-state index in [0.29, 0.717) is 17.7 Å². The third-order valence-electron chi connectivity index (χ3n) is 11.1. The van der Waals surface area contributed by atoms with E-state index in [1.54, 1.807) is 0 Å². The molecule has 0 unspecified atom stereocenters. The topological polar surface area (TPSA) is 58.4 Å². The molecule has 7 heteroatoms. The molecule has 56 heavy (non-hydrogen) atoms. The van der Waals surface area contributed by atoms with Crippen LogP contribution >= 0.6 is 0 Å². The molecule has 0 N–H and O–H groups in total. The molecule has 0 radical (unpaired) electrons. The van der Waals surface area contributed by atoms with E-state index >= 15 is 0 Å². The van der Waals surface area contributed by atoms with Crippen molar-refractivity contribution in [2.75, 3.05) is 0 Å². The van der Waals surface area contributed by atoms with Crippen LogP contribution in [0.25, 0.3) is 100 Å². The first kappa shape index (κ1) is 30.7. The van der Waals surface area contributed by atoms with Crippen molar-refractivity contribution in [2.24, 2.45) is 0 Å². The monoisotopic (exact) mass is 717 g/mol. The molecule has 12 aromatic rings. The molecule has 0 atom stereocenters. The maximum absolute atomic E-state index is 5.40. The molecule has 0 aliphatic rings. The highest BCUT2D eigenvalue weighted by Crippen LogP contribution is 2.38. The van der Waals surface area contributed by atoms with Gasteiger partial charge in [0.2, 0.25) is 11.9 Å². The van der Waals surface area contributed by atoms with Gasteiger partial charge in [-0.15, -0.1) is 0 Å². The number of nitrogens with zero attached hydrogens (tertiary/aromatic N) is 7. The van der Waals surface area contributed by atoms with Crippen molar-refractivity contribution in [3.05, 3.63) is 188 Å². The Morgan fingerprint density at radius 1 is 0.321 bits per heavy atom. The van der Waals surface area contributed by atoms with Gasteiger partial charge >= 0.3 is 0 Å². The van der Waals surface area contributed by atoms with Crippen LogP contribution in [0.5, 0.6) is 0 Å². The van der Waals surface area contributed by atoms with Crippen LogP contribution in [0.3, 0.4) is 0 Å². The number of para-hydroxylation sites is 4. The van der Waals surface area contributed by atoms with Crippen LogP contribution in [-0.2, 0) is 0 Å². The lowest BCUT2D eigenvalue weighted by atomic mass is 10.1. The second-order valence-electron chi connectivity index (χ2n) is 14.2. The zero-order valence-corrected chi connectivity index (χ0v) is 30.0. The summed E-state index contributed by atoms with van der Waals surface area (Å²) in [7, 11) is 0. The standard InChI is InChI=1S/C49H31N7/c1-4-14-32(15-5-1)47-50-48(55-41-22-12-10-20-37(41)39-30-43-33(28-45(39)55)24-26-53(43)35-16-6-2-7-17-35)52-49(51-47)56-42-23-13-11-21-38(42)40-31-44-34(29-46(40)56)25-27-54(44)36-18-8-3-9-19-36/h1-31H. The fourth-order valence-electron chi connectivity index (χ4n) is 8.52. The Morgan fingerprint density at radius 2 is 0.750 bits per heavy atom. The average Bonchev–Trinajstić information content (AvgIpc) is 4.03. The fraction of sp³-hybridized carbons (Fsp3) is 0. The van der Waals surface area contributed by atoms with Gasteiger partial charge in [-0.2, -0.15) is 15.0 Å². The molecule has 5 aromatic heterocycles. The van der Waals surface area contributed by atoms with Gasteiger partial charge in [0.25, 0.3) is 0 Å². The summed E-state index contributed by atoms with van der Waals surface area (Å²) >= 11 is 0. The molecular formula is C49H31N7. The van der Waals surface area contributed by atoms with E-state index in [2.05, 4.69) is 188 Å². The lowest BCUT2D eigenvalue weighted by Gasteiger charge is -2.13. The highest BCUT2D eigenvalue weighted by molar-refractivity contribution is 6.14. The summed E-state index contributed by atoms with van der Waals surface area (Å²) in [5.41, 5.74) is 9.59. The molecular weight excluding hydrogens is 687 g/mol. The third-order valence-corrected chi connectivity index (χ3v) is 11.1. The van der Waals surface area contributed by atoms with Gasteiger partial charge in [0.05, 0.1) is 33.1 Å². The molecule has 0 spiro atoms. The molecule has 0 saturated heterocycles. The minimum absolute atomic E-state index is 0.559. The smallest absolute Gasteiger partial charge is 0.240 e. The zero-order chi connectivity index (χ0) is 36.7. The Hall–Kier alpha value is -7.77. The number of aromatic nitrogens is 7. The first-order valence-electron chi connectivity index (χ1n) is 18.8. The van der Waals surface area contributed by atoms with E-state index in [-0.39, 0.29) is 0 Å². The summed E-state index contributed by atoms with van der Waals surface area (Å²) in [6.45, 7) is 0. The summed E-state index contributed by atoms with van der Waals surface area (Å²) in [5.74, 6) is 1.73. The van der Waals surface area contributed by atoms with E-state index in [4.69, 9.17) is 15.0 Å². The van der Waals surface area contributed by atoms with Crippen LogP contribution in [0.15, 0.2) is 188 Å². The number of rotatable bonds is 5. The van der Waals surface area contributed by atoms with E-state index in [0.717, 1.165) is 82.4 Å². The molecule has 0 saturated carbocycles. The van der Waals surface area contributed by atoms with E-state index in [9.17, 15) is 0 Å². The van der Waals surface area contributed by atoms with Crippen LogP contribution < -0.4 is 0 Å². The molecule has 0 aliphatic carbocycles. The number of benzene rings is 7. The van der Waals surface area contributed by atoms with Crippen molar-refractivity contribution in [1.82, 2.24) is 33.2 Å². The van der Waals surface area contributed by atoms with E-state index < -0.39 is 0 Å². The predicted octanol–water partition coefficient (Wildman–Crippen LogP) is 11.6. The average molecular weight is 718 g/mol. The zero-order valence-electron chi connectivity index (χ0n) is 30.0. The highest BCUT2D eigenvalue weighted by Gasteiger charge is 2.22. The maximum atomic E-state index is 5.40. The number of hydrogen-bond acceptors (Lipinski definition) is 3. The molecule has 262 valence electrons. The Kier molecular flexibility index (Phi) is 6.50. The Balaban J connectivity index is 1.14. The lowest BCUT2D eigenvalue weighted by molar-refractivity contribution is 0.893. The first-order valence-corrected chi connectivity index (χ1v) is 18.8. The van der Waals surface area contributed by atoms with Crippen molar-refractivity contribution in [3.63, 3.8) is 0 Å². The summed E-state index contributed by atoms with van der Waals surface area (Å²) in [6, 6.07) is 61.8. The van der Waals surface area contributed by atoms with Gasteiger partial charge < -0.3 is 9.13 Å². The molecule has 0 fully saturated rings. The van der Waals surface area contributed by atoms with Gasteiger partial charge in [-0.25, -0.2) is 0 Å². The van der Waals surface area contributed by atoms with Crippen molar-refractivity contribution in [3.8, 4) is 34.7 Å². The first-order chi connectivity index (χ1) is 27.8. The largest absolute Gasteiger partial charge is 0.317 e. The Labute approximate surface area is 320 Å². The second-order valence-corrected chi connectivity index (χ2v) is 14.2.